The van der Waals surface area contributed by atoms with Crippen molar-refractivity contribution in [1.82, 2.24) is 19.7 Å². The number of nitrogens with zero attached hydrogens (tertiary/aromatic N) is 4. The fourth-order valence-electron chi connectivity index (χ4n) is 2.24. The molecule has 0 fully saturated rings. The Hall–Kier alpha value is -2.53. The first-order valence-electron chi connectivity index (χ1n) is 6.30. The Morgan fingerprint density at radius 1 is 0.950 bits per heavy atom. The van der Waals surface area contributed by atoms with Crippen LogP contribution in [0.15, 0.2) is 67.5 Å². The van der Waals surface area contributed by atoms with Crippen molar-refractivity contribution in [3.8, 4) is 0 Å². The van der Waals surface area contributed by atoms with E-state index in [-0.39, 0.29) is 0 Å². The Balaban J connectivity index is 2.08. The molecular weight excluding hydrogens is 252 g/mol. The van der Waals surface area contributed by atoms with Gasteiger partial charge >= 0.3 is 0 Å². The Morgan fingerprint density at radius 2 is 1.65 bits per heavy atom. The molecule has 0 saturated carbocycles. The van der Waals surface area contributed by atoms with Crippen molar-refractivity contribution in [3.05, 3.63) is 78.6 Å². The number of aliphatic hydroxyl groups is 1. The minimum atomic E-state index is -1.17. The van der Waals surface area contributed by atoms with Crippen LogP contribution < -0.4 is 0 Å². The number of pyridine rings is 1. The molecule has 1 atom stereocenters. The highest BCUT2D eigenvalue weighted by atomic mass is 16.3. The molecule has 20 heavy (non-hydrogen) atoms. The monoisotopic (exact) mass is 266 g/mol. The van der Waals surface area contributed by atoms with Crippen molar-refractivity contribution in [2.24, 2.45) is 0 Å². The maximum Gasteiger partial charge on any atom is 0.137 e. The number of rotatable bonds is 4. The highest BCUT2D eigenvalue weighted by molar-refractivity contribution is 5.34. The van der Waals surface area contributed by atoms with Gasteiger partial charge in [-0.2, -0.15) is 5.10 Å². The van der Waals surface area contributed by atoms with Crippen molar-refractivity contribution in [3.63, 3.8) is 0 Å². The van der Waals surface area contributed by atoms with E-state index in [1.54, 1.807) is 23.4 Å². The van der Waals surface area contributed by atoms with Crippen LogP contribution in [0, 0.1) is 0 Å². The molecule has 1 aromatic carbocycles. The molecule has 3 rings (SSSR count). The molecule has 5 heteroatoms. The van der Waals surface area contributed by atoms with Crippen LogP contribution in [-0.4, -0.2) is 24.9 Å². The van der Waals surface area contributed by atoms with Gasteiger partial charge in [-0.1, -0.05) is 30.3 Å². The van der Waals surface area contributed by atoms with Crippen LogP contribution in [0.25, 0.3) is 0 Å². The average Bonchev–Trinajstić information content (AvgIpc) is 3.02. The summed E-state index contributed by atoms with van der Waals surface area (Å²) in [5.41, 5.74) is 0.411. The second-order valence-electron chi connectivity index (χ2n) is 4.56. The normalized spacial score (nSPS) is 13.8. The fraction of sp³-hybridized carbons (Fsp3) is 0.133. The molecule has 100 valence electrons. The molecule has 0 aliphatic rings. The van der Waals surface area contributed by atoms with Gasteiger partial charge in [-0.25, -0.2) is 9.67 Å². The van der Waals surface area contributed by atoms with E-state index in [9.17, 15) is 5.11 Å². The lowest BCUT2D eigenvalue weighted by atomic mass is 9.87. The van der Waals surface area contributed by atoms with Gasteiger partial charge in [0.1, 0.15) is 18.3 Å². The summed E-state index contributed by atoms with van der Waals surface area (Å²) < 4.78 is 1.62. The number of hydrogen-bond donors (Lipinski definition) is 1. The highest BCUT2D eigenvalue weighted by Crippen LogP contribution is 2.30. The van der Waals surface area contributed by atoms with E-state index in [2.05, 4.69) is 15.1 Å². The molecule has 5 nitrogen and oxygen atoms in total. The molecule has 0 aliphatic heterocycles. The summed E-state index contributed by atoms with van der Waals surface area (Å²) in [5.74, 6) is 0. The van der Waals surface area contributed by atoms with Gasteiger partial charge in [0.2, 0.25) is 0 Å². The number of benzene rings is 1. The van der Waals surface area contributed by atoms with Crippen LogP contribution in [0.4, 0.5) is 0 Å². The first kappa shape index (κ1) is 12.5. The van der Waals surface area contributed by atoms with E-state index in [4.69, 9.17) is 0 Å². The zero-order valence-corrected chi connectivity index (χ0v) is 10.8. The molecule has 0 spiro atoms. The van der Waals surface area contributed by atoms with Gasteiger partial charge < -0.3 is 5.11 Å². The van der Waals surface area contributed by atoms with Gasteiger partial charge in [0.15, 0.2) is 0 Å². The predicted molar refractivity (Wildman–Crippen MR) is 73.7 cm³/mol. The molecule has 2 heterocycles. The summed E-state index contributed by atoms with van der Waals surface area (Å²) in [7, 11) is 0. The lowest BCUT2D eigenvalue weighted by Gasteiger charge is -2.29. The zero-order chi connectivity index (χ0) is 13.8. The Bertz CT molecular complexity index is 613. The summed E-state index contributed by atoms with van der Waals surface area (Å²) in [6, 6.07) is 13.2. The van der Waals surface area contributed by atoms with Crippen molar-refractivity contribution in [1.29, 1.82) is 0 Å². The zero-order valence-electron chi connectivity index (χ0n) is 10.8. The fourth-order valence-corrected chi connectivity index (χ4v) is 2.24. The first-order valence-corrected chi connectivity index (χ1v) is 6.30. The topological polar surface area (TPSA) is 63.8 Å². The maximum atomic E-state index is 11.2. The minimum Gasteiger partial charge on any atom is -0.378 e. The van der Waals surface area contributed by atoms with Gasteiger partial charge in [-0.15, -0.1) is 0 Å². The van der Waals surface area contributed by atoms with Crippen molar-refractivity contribution in [2.45, 2.75) is 12.1 Å². The first-order chi connectivity index (χ1) is 9.79. The summed E-state index contributed by atoms with van der Waals surface area (Å²) in [4.78, 5) is 7.93. The van der Waals surface area contributed by atoms with Crippen LogP contribution in [0.3, 0.4) is 0 Å². The lowest BCUT2D eigenvalue weighted by Crippen LogP contribution is -2.33. The van der Waals surface area contributed by atoms with E-state index in [0.717, 1.165) is 11.1 Å². The predicted octanol–water partition coefficient (Wildman–Crippen LogP) is 1.61. The molecule has 0 amide bonds. The van der Waals surface area contributed by atoms with Crippen LogP contribution >= 0.6 is 0 Å². The third kappa shape index (κ3) is 2.31. The van der Waals surface area contributed by atoms with Crippen LogP contribution in [0.2, 0.25) is 0 Å². The summed E-state index contributed by atoms with van der Waals surface area (Å²) >= 11 is 0. The second-order valence-corrected chi connectivity index (χ2v) is 4.56. The molecule has 0 aliphatic carbocycles. The summed E-state index contributed by atoms with van der Waals surface area (Å²) in [5, 5.41) is 15.3. The third-order valence-corrected chi connectivity index (χ3v) is 3.27. The molecule has 0 saturated heterocycles. The number of hydrogen-bond acceptors (Lipinski definition) is 4. The Kier molecular flexibility index (Phi) is 3.26. The molecule has 2 aromatic heterocycles. The van der Waals surface area contributed by atoms with Crippen LogP contribution in [0.5, 0.6) is 0 Å². The quantitative estimate of drug-likeness (QED) is 0.779. The minimum absolute atomic E-state index is 0.293. The van der Waals surface area contributed by atoms with Gasteiger partial charge in [0, 0.05) is 12.4 Å². The third-order valence-electron chi connectivity index (χ3n) is 3.27. The smallest absolute Gasteiger partial charge is 0.137 e. The molecule has 3 aromatic rings. The molecular formula is C15H14N4O. The molecule has 0 unspecified atom stereocenters. The molecule has 0 bridgehead atoms. The van der Waals surface area contributed by atoms with Crippen LogP contribution in [-0.2, 0) is 12.1 Å². The van der Waals surface area contributed by atoms with Gasteiger partial charge in [-0.3, -0.25) is 4.98 Å². The van der Waals surface area contributed by atoms with E-state index >= 15 is 0 Å². The van der Waals surface area contributed by atoms with Crippen molar-refractivity contribution < 1.29 is 5.11 Å². The molecule has 1 N–H and O–H groups in total. The lowest BCUT2D eigenvalue weighted by molar-refractivity contribution is 0.0571. The van der Waals surface area contributed by atoms with Gasteiger partial charge in [0.25, 0.3) is 0 Å². The van der Waals surface area contributed by atoms with Gasteiger partial charge in [-0.05, 0) is 23.3 Å². The van der Waals surface area contributed by atoms with Crippen molar-refractivity contribution in [2.75, 3.05) is 0 Å². The second kappa shape index (κ2) is 5.22. The van der Waals surface area contributed by atoms with E-state index < -0.39 is 5.60 Å². The highest BCUT2D eigenvalue weighted by Gasteiger charge is 2.32. The summed E-state index contributed by atoms with van der Waals surface area (Å²) in [6.45, 7) is 0.293. The largest absolute Gasteiger partial charge is 0.378 e. The number of aromatic nitrogens is 4. The maximum absolute atomic E-state index is 11.2. The average molecular weight is 266 g/mol. The van der Waals surface area contributed by atoms with Crippen LogP contribution in [0.1, 0.15) is 11.1 Å². The Morgan fingerprint density at radius 3 is 2.30 bits per heavy atom. The van der Waals surface area contributed by atoms with E-state index in [1.165, 1.54) is 6.33 Å². The van der Waals surface area contributed by atoms with Gasteiger partial charge in [0.05, 0.1) is 6.54 Å². The van der Waals surface area contributed by atoms with E-state index in [0.29, 0.717) is 6.54 Å². The van der Waals surface area contributed by atoms with Crippen molar-refractivity contribution >= 4 is 0 Å². The molecule has 0 radical (unpaired) electrons. The Labute approximate surface area is 116 Å². The standard InChI is InChI=1S/C15H14N4O/c20-15(10-19-12-17-11-18-19,13-4-2-1-3-5-13)14-6-8-16-9-7-14/h1-9,11-12,20H,10H2/t15-/m0/s1. The SMILES string of the molecule is O[C@@](Cn1cncn1)(c1ccccc1)c1ccncc1. The summed E-state index contributed by atoms with van der Waals surface area (Å²) in [6.07, 6.45) is 6.39. The van der Waals surface area contributed by atoms with E-state index in [1.807, 2.05) is 42.5 Å².